The summed E-state index contributed by atoms with van der Waals surface area (Å²) in [7, 11) is 1.78. The van der Waals surface area contributed by atoms with Crippen LogP contribution >= 0.6 is 11.8 Å². The summed E-state index contributed by atoms with van der Waals surface area (Å²) in [5.41, 5.74) is 4.87. The van der Waals surface area contributed by atoms with Gasteiger partial charge in [0.15, 0.2) is 0 Å². The molecule has 1 unspecified atom stereocenters. The second-order valence-corrected chi connectivity index (χ2v) is 4.74. The molecule has 1 aliphatic rings. The number of aliphatic hydroxyl groups is 1. The number of nitrogens with two attached hydrogens (primary N) is 1. The zero-order valence-electron chi connectivity index (χ0n) is 8.45. The van der Waals surface area contributed by atoms with E-state index in [1.165, 1.54) is 0 Å². The highest BCUT2D eigenvalue weighted by Crippen LogP contribution is 2.41. The van der Waals surface area contributed by atoms with Gasteiger partial charge in [-0.3, -0.25) is 4.79 Å². The van der Waals surface area contributed by atoms with Gasteiger partial charge in [-0.15, -0.1) is 0 Å². The van der Waals surface area contributed by atoms with Crippen molar-refractivity contribution in [1.82, 2.24) is 5.32 Å². The van der Waals surface area contributed by atoms with E-state index in [0.29, 0.717) is 17.4 Å². The Labute approximate surface area is 88.6 Å². The van der Waals surface area contributed by atoms with E-state index < -0.39 is 5.54 Å². The molecule has 1 rings (SSSR count). The van der Waals surface area contributed by atoms with Gasteiger partial charge in [0.25, 0.3) is 0 Å². The lowest BCUT2D eigenvalue weighted by Gasteiger charge is -2.29. The Kier molecular flexibility index (Phi) is 4.22. The first-order chi connectivity index (χ1) is 6.67. The summed E-state index contributed by atoms with van der Waals surface area (Å²) in [5, 5.41) is 11.7. The molecule has 1 fully saturated rings. The molecule has 0 bridgehead atoms. The lowest BCUT2D eigenvalue weighted by molar-refractivity contribution is -0.124. The molecule has 14 heavy (non-hydrogen) atoms. The second kappa shape index (κ2) is 5.00. The fourth-order valence-electron chi connectivity index (χ4n) is 1.66. The maximum Gasteiger partial charge on any atom is 0.238 e. The van der Waals surface area contributed by atoms with Gasteiger partial charge in [-0.1, -0.05) is 0 Å². The monoisotopic (exact) mass is 218 g/mol. The van der Waals surface area contributed by atoms with Gasteiger partial charge < -0.3 is 16.2 Å². The van der Waals surface area contributed by atoms with Crippen molar-refractivity contribution in [3.05, 3.63) is 0 Å². The van der Waals surface area contributed by atoms with E-state index in [1.54, 1.807) is 18.8 Å². The minimum Gasteiger partial charge on any atom is -0.396 e. The van der Waals surface area contributed by atoms with Gasteiger partial charge in [-0.25, -0.2) is 0 Å². The number of carbonyl (C=O) groups excluding carboxylic acids is 1. The summed E-state index contributed by atoms with van der Waals surface area (Å²) in [4.78, 5) is 11.4. The highest BCUT2D eigenvalue weighted by molar-refractivity contribution is 7.99. The Bertz CT molecular complexity index is 209. The molecule has 0 aromatic rings. The Hall–Kier alpha value is -0.260. The predicted molar refractivity (Wildman–Crippen MR) is 58.1 cm³/mol. The number of likely N-dealkylation sites (N-methyl/N-ethyl adjacent to an activating group) is 1. The third-order valence-corrected chi connectivity index (χ3v) is 3.86. The number of amides is 1. The first-order valence-electron chi connectivity index (χ1n) is 4.85. The zero-order valence-corrected chi connectivity index (χ0v) is 9.27. The van der Waals surface area contributed by atoms with Crippen LogP contribution in [0.25, 0.3) is 0 Å². The van der Waals surface area contributed by atoms with E-state index in [-0.39, 0.29) is 12.5 Å². The Balaban J connectivity index is 2.54. The lowest BCUT2D eigenvalue weighted by atomic mass is 9.95. The van der Waals surface area contributed by atoms with Crippen molar-refractivity contribution in [2.45, 2.75) is 18.4 Å². The molecule has 1 atom stereocenters. The number of aliphatic hydroxyl groups excluding tert-OH is 1. The number of thioether (sulfide) groups is 1. The summed E-state index contributed by atoms with van der Waals surface area (Å²) in [6.07, 6.45) is 2.15. The van der Waals surface area contributed by atoms with Crippen LogP contribution in [0.15, 0.2) is 0 Å². The molecule has 0 aliphatic heterocycles. The van der Waals surface area contributed by atoms with E-state index in [2.05, 4.69) is 5.32 Å². The predicted octanol–water partition coefficient (Wildman–Crippen LogP) is -0.435. The van der Waals surface area contributed by atoms with Crippen molar-refractivity contribution in [2.24, 2.45) is 11.7 Å². The molecule has 0 spiro atoms. The van der Waals surface area contributed by atoms with Crippen LogP contribution in [0.5, 0.6) is 0 Å². The smallest absolute Gasteiger partial charge is 0.238 e. The zero-order chi connectivity index (χ0) is 10.6. The molecule has 82 valence electrons. The average Bonchev–Trinajstić information content (AvgIpc) is 2.96. The van der Waals surface area contributed by atoms with Crippen molar-refractivity contribution in [3.63, 3.8) is 0 Å². The van der Waals surface area contributed by atoms with Crippen LogP contribution in [0.3, 0.4) is 0 Å². The van der Waals surface area contributed by atoms with Crippen LogP contribution in [0.2, 0.25) is 0 Å². The number of rotatable bonds is 7. The lowest BCUT2D eigenvalue weighted by Crippen LogP contribution is -2.58. The molecule has 4 nitrogen and oxygen atoms in total. The summed E-state index contributed by atoms with van der Waals surface area (Å²) in [6, 6.07) is 0. The summed E-state index contributed by atoms with van der Waals surface area (Å²) >= 11 is 1.57. The van der Waals surface area contributed by atoms with Crippen LogP contribution in [-0.4, -0.2) is 41.7 Å². The number of carbonyl (C=O) groups is 1. The molecule has 0 radical (unpaired) electrons. The van der Waals surface area contributed by atoms with Crippen LogP contribution < -0.4 is 11.1 Å². The molecule has 1 aliphatic carbocycles. The van der Waals surface area contributed by atoms with Crippen molar-refractivity contribution < 1.29 is 9.90 Å². The Morgan fingerprint density at radius 2 is 2.36 bits per heavy atom. The van der Waals surface area contributed by atoms with Gasteiger partial charge in [-0.05, 0) is 25.8 Å². The van der Waals surface area contributed by atoms with Crippen molar-refractivity contribution in [3.8, 4) is 0 Å². The summed E-state index contributed by atoms with van der Waals surface area (Å²) < 4.78 is 0. The van der Waals surface area contributed by atoms with Gasteiger partial charge in [0.1, 0.15) is 5.54 Å². The van der Waals surface area contributed by atoms with Crippen LogP contribution in [0.1, 0.15) is 12.8 Å². The molecule has 0 aromatic heterocycles. The normalized spacial score (nSPS) is 20.4. The number of nitrogens with one attached hydrogen (secondary N) is 1. The topological polar surface area (TPSA) is 75.3 Å². The van der Waals surface area contributed by atoms with E-state index in [1.807, 2.05) is 0 Å². The molecule has 0 saturated heterocycles. The highest BCUT2D eigenvalue weighted by Gasteiger charge is 2.48. The third-order valence-electron chi connectivity index (χ3n) is 2.73. The Morgan fingerprint density at radius 1 is 1.71 bits per heavy atom. The summed E-state index contributed by atoms with van der Waals surface area (Å²) in [6.45, 7) is 0.147. The van der Waals surface area contributed by atoms with Gasteiger partial charge in [-0.2, -0.15) is 11.8 Å². The average molecular weight is 218 g/mol. The van der Waals surface area contributed by atoms with Gasteiger partial charge >= 0.3 is 0 Å². The number of hydrogen-bond acceptors (Lipinski definition) is 4. The molecule has 1 saturated carbocycles. The maximum absolute atomic E-state index is 11.4. The fraction of sp³-hybridized carbons (Fsp3) is 0.889. The van der Waals surface area contributed by atoms with E-state index in [9.17, 15) is 4.79 Å². The molecular weight excluding hydrogens is 200 g/mol. The Morgan fingerprint density at radius 3 is 2.71 bits per heavy atom. The minimum absolute atomic E-state index is 0.147. The highest BCUT2D eigenvalue weighted by atomic mass is 32.2. The molecule has 5 heteroatoms. The van der Waals surface area contributed by atoms with Gasteiger partial charge in [0.2, 0.25) is 5.91 Å². The number of primary amides is 1. The quantitative estimate of drug-likeness (QED) is 0.507. The van der Waals surface area contributed by atoms with Crippen LogP contribution in [0.4, 0.5) is 0 Å². The largest absolute Gasteiger partial charge is 0.396 e. The first kappa shape index (κ1) is 11.8. The van der Waals surface area contributed by atoms with Gasteiger partial charge in [0, 0.05) is 11.5 Å². The number of hydrogen-bond donors (Lipinski definition) is 3. The van der Waals surface area contributed by atoms with Crippen LogP contribution in [-0.2, 0) is 4.79 Å². The van der Waals surface area contributed by atoms with Crippen molar-refractivity contribution >= 4 is 17.7 Å². The van der Waals surface area contributed by atoms with Gasteiger partial charge in [0.05, 0.1) is 6.61 Å². The van der Waals surface area contributed by atoms with Crippen molar-refractivity contribution in [2.75, 3.05) is 25.2 Å². The van der Waals surface area contributed by atoms with E-state index in [4.69, 9.17) is 10.8 Å². The summed E-state index contributed by atoms with van der Waals surface area (Å²) in [5.74, 6) is 1.43. The molecule has 4 N–H and O–H groups in total. The fourth-order valence-corrected chi connectivity index (χ4v) is 2.78. The first-order valence-corrected chi connectivity index (χ1v) is 6.00. The molecule has 0 heterocycles. The molecule has 0 aromatic carbocycles. The van der Waals surface area contributed by atoms with E-state index >= 15 is 0 Å². The molecule has 1 amide bonds. The maximum atomic E-state index is 11.4. The van der Waals surface area contributed by atoms with Crippen molar-refractivity contribution in [1.29, 1.82) is 0 Å². The van der Waals surface area contributed by atoms with Crippen LogP contribution in [0, 0.1) is 5.92 Å². The standard InChI is InChI=1S/C9H18N2O2S/c1-11-9(8(10)13,7-2-3-7)6-14-5-4-12/h7,11-12H,2-6H2,1H3,(H2,10,13). The SMILES string of the molecule is CNC(CSCCO)(C(N)=O)C1CC1. The molecular formula is C9H18N2O2S. The second-order valence-electron chi connectivity index (χ2n) is 3.64. The van der Waals surface area contributed by atoms with E-state index in [0.717, 1.165) is 12.8 Å². The minimum atomic E-state index is -0.556. The third kappa shape index (κ3) is 2.40.